The summed E-state index contributed by atoms with van der Waals surface area (Å²) in [6, 6.07) is 31.1. The monoisotopic (exact) mass is 456 g/mol. The standard InChI is InChI=1S/C21H19OP.C9H14O/c1-18(22)17-23(19-11-5-2-6-12-19,20-13-7-3-8-14-20)21-15-9-4-10-16-21;1-4-8(2)6-5-7-9(3)10/h2-17H,1H3;4-5,7-8H,1,6H2,2-3H3/b;7-5+/t;8-/m.1/s1. The van der Waals surface area contributed by atoms with Crippen molar-refractivity contribution in [3.63, 3.8) is 0 Å². The molecule has 0 fully saturated rings. The van der Waals surface area contributed by atoms with Gasteiger partial charge >= 0.3 is 0 Å². The Labute approximate surface area is 198 Å². The number of rotatable bonds is 8. The van der Waals surface area contributed by atoms with Crippen molar-refractivity contribution in [1.29, 1.82) is 0 Å². The predicted molar refractivity (Wildman–Crippen MR) is 146 cm³/mol. The minimum Gasteiger partial charge on any atom is -0.295 e. The van der Waals surface area contributed by atoms with E-state index in [-0.39, 0.29) is 11.6 Å². The molecule has 3 heteroatoms. The summed E-state index contributed by atoms with van der Waals surface area (Å²) in [4.78, 5) is 22.6. The number of hydrogen-bond donors (Lipinski definition) is 0. The SMILES string of the molecule is C=C[C@@H](C)C/C=C/C(C)=O.CC(=O)C=P(c1ccccc1)(c1ccccc1)c1ccccc1. The third-order valence-electron chi connectivity index (χ3n) is 5.13. The van der Waals surface area contributed by atoms with Gasteiger partial charge < -0.3 is 0 Å². The van der Waals surface area contributed by atoms with E-state index in [0.717, 1.165) is 6.42 Å². The molecule has 0 spiro atoms. The fraction of sp³-hybridized carbons (Fsp3) is 0.167. The molecule has 0 saturated heterocycles. The van der Waals surface area contributed by atoms with Crippen molar-refractivity contribution in [2.75, 3.05) is 0 Å². The van der Waals surface area contributed by atoms with Gasteiger partial charge in [-0.2, -0.15) is 0 Å². The lowest BCUT2D eigenvalue weighted by atomic mass is 10.1. The highest BCUT2D eigenvalue weighted by Gasteiger charge is 2.25. The second kappa shape index (κ2) is 13.4. The first-order valence-electron chi connectivity index (χ1n) is 11.1. The van der Waals surface area contributed by atoms with Gasteiger partial charge in [0.1, 0.15) is 0 Å². The first-order chi connectivity index (χ1) is 15.9. The first-order valence-corrected chi connectivity index (χ1v) is 13.0. The quantitative estimate of drug-likeness (QED) is 0.247. The number of carbonyl (C=O) groups excluding carboxylic acids is 2. The maximum absolute atomic E-state index is 12.2. The molecule has 0 saturated carbocycles. The van der Waals surface area contributed by atoms with Crippen LogP contribution in [0.2, 0.25) is 0 Å². The molecule has 1 atom stereocenters. The van der Waals surface area contributed by atoms with Gasteiger partial charge in [0.25, 0.3) is 0 Å². The lowest BCUT2D eigenvalue weighted by Gasteiger charge is -2.28. The Kier molecular flexibility index (Phi) is 10.5. The number of benzene rings is 3. The van der Waals surface area contributed by atoms with E-state index in [2.05, 4.69) is 49.9 Å². The lowest BCUT2D eigenvalue weighted by Crippen LogP contribution is -2.28. The Morgan fingerprint density at radius 3 is 1.45 bits per heavy atom. The molecule has 0 aliphatic carbocycles. The number of allylic oxidation sites excluding steroid dienone is 3. The molecule has 0 aromatic heterocycles. The Bertz CT molecular complexity index is 1010. The van der Waals surface area contributed by atoms with Crippen LogP contribution in [0.25, 0.3) is 0 Å². The second-order valence-electron chi connectivity index (χ2n) is 7.93. The van der Waals surface area contributed by atoms with Gasteiger partial charge in [0.2, 0.25) is 0 Å². The molecule has 0 aliphatic rings. The van der Waals surface area contributed by atoms with Crippen molar-refractivity contribution in [2.24, 2.45) is 5.92 Å². The highest BCUT2D eigenvalue weighted by atomic mass is 31.2. The average Bonchev–Trinajstić information content (AvgIpc) is 2.84. The largest absolute Gasteiger partial charge is 0.295 e. The molecule has 0 radical (unpaired) electrons. The molecule has 0 N–H and O–H groups in total. The summed E-state index contributed by atoms with van der Waals surface area (Å²) in [6.45, 7) is 6.82. The highest BCUT2D eigenvalue weighted by Crippen LogP contribution is 2.43. The number of carbonyl (C=O) groups is 2. The van der Waals surface area contributed by atoms with E-state index in [0.29, 0.717) is 5.92 Å². The lowest BCUT2D eigenvalue weighted by molar-refractivity contribution is -0.112. The number of Topliss-reactive ketones (excluding diaryl/α,β-unsaturated/α-hetero) is 1. The smallest absolute Gasteiger partial charge is 0.153 e. The van der Waals surface area contributed by atoms with Crippen LogP contribution in [0.5, 0.6) is 0 Å². The molecular weight excluding hydrogens is 423 g/mol. The van der Waals surface area contributed by atoms with Crippen LogP contribution >= 0.6 is 6.89 Å². The highest BCUT2D eigenvalue weighted by molar-refractivity contribution is 7.95. The van der Waals surface area contributed by atoms with E-state index < -0.39 is 6.89 Å². The molecule has 0 bridgehead atoms. The van der Waals surface area contributed by atoms with Gasteiger partial charge in [-0.05, 0) is 60.9 Å². The van der Waals surface area contributed by atoms with Gasteiger partial charge in [-0.25, -0.2) is 0 Å². The summed E-state index contributed by atoms with van der Waals surface area (Å²) < 4.78 is 0. The predicted octanol–water partition coefficient (Wildman–Crippen LogP) is 5.72. The van der Waals surface area contributed by atoms with Crippen LogP contribution in [-0.2, 0) is 9.59 Å². The zero-order valence-corrected chi connectivity index (χ0v) is 20.6. The van der Waals surface area contributed by atoms with Crippen molar-refractivity contribution >= 4 is 40.2 Å². The second-order valence-corrected chi connectivity index (χ2v) is 11.2. The van der Waals surface area contributed by atoms with E-state index in [9.17, 15) is 9.59 Å². The van der Waals surface area contributed by atoms with Gasteiger partial charge in [-0.15, -0.1) is 6.58 Å². The van der Waals surface area contributed by atoms with Crippen LogP contribution in [0.15, 0.2) is 116 Å². The Balaban J connectivity index is 0.000000328. The average molecular weight is 457 g/mol. The van der Waals surface area contributed by atoms with E-state index in [1.165, 1.54) is 15.9 Å². The fourth-order valence-corrected chi connectivity index (χ4v) is 7.29. The Hall–Kier alpha value is -3.22. The van der Waals surface area contributed by atoms with Gasteiger partial charge in [-0.1, -0.05) is 110 Å². The number of ketones is 2. The third kappa shape index (κ3) is 7.70. The van der Waals surface area contributed by atoms with Crippen molar-refractivity contribution in [1.82, 2.24) is 0 Å². The minimum absolute atomic E-state index is 0.106. The van der Waals surface area contributed by atoms with Crippen molar-refractivity contribution < 1.29 is 9.59 Å². The zero-order chi connectivity index (χ0) is 24.1. The van der Waals surface area contributed by atoms with Crippen LogP contribution in [0, 0.1) is 5.92 Å². The molecule has 33 heavy (non-hydrogen) atoms. The topological polar surface area (TPSA) is 34.1 Å². The summed E-state index contributed by atoms with van der Waals surface area (Å²) in [6.07, 6.45) is 6.27. The van der Waals surface area contributed by atoms with E-state index in [1.54, 1.807) is 19.9 Å². The molecule has 0 aliphatic heterocycles. The zero-order valence-electron chi connectivity index (χ0n) is 19.7. The van der Waals surface area contributed by atoms with Crippen molar-refractivity contribution in [2.45, 2.75) is 27.2 Å². The molecule has 2 nitrogen and oxygen atoms in total. The summed E-state index contributed by atoms with van der Waals surface area (Å²) >= 11 is 0. The van der Waals surface area contributed by atoms with E-state index in [1.807, 2.05) is 72.5 Å². The minimum atomic E-state index is -2.08. The Morgan fingerprint density at radius 2 is 1.15 bits per heavy atom. The molecule has 3 aromatic rings. The van der Waals surface area contributed by atoms with Crippen LogP contribution in [0.4, 0.5) is 0 Å². The van der Waals surface area contributed by atoms with Gasteiger partial charge in [0.05, 0.1) is 0 Å². The van der Waals surface area contributed by atoms with Crippen molar-refractivity contribution in [3.05, 3.63) is 116 Å². The molecule has 0 unspecified atom stereocenters. The summed E-state index contributed by atoms with van der Waals surface area (Å²) in [5.41, 5.74) is 0. The molecule has 3 aromatic carbocycles. The van der Waals surface area contributed by atoms with Crippen molar-refractivity contribution in [3.8, 4) is 0 Å². The molecule has 0 heterocycles. The van der Waals surface area contributed by atoms with Crippen LogP contribution < -0.4 is 15.9 Å². The maximum atomic E-state index is 12.2. The van der Waals surface area contributed by atoms with Crippen LogP contribution in [0.3, 0.4) is 0 Å². The molecular formula is C30H33O2P. The maximum Gasteiger partial charge on any atom is 0.153 e. The fourth-order valence-electron chi connectivity index (χ4n) is 3.48. The summed E-state index contributed by atoms with van der Waals surface area (Å²) in [5.74, 6) is 2.62. The molecule has 3 rings (SSSR count). The van der Waals surface area contributed by atoms with Gasteiger partial charge in [-0.3, -0.25) is 9.59 Å². The Morgan fingerprint density at radius 1 is 0.758 bits per heavy atom. The third-order valence-corrected chi connectivity index (χ3v) is 9.22. The normalized spacial score (nSPS) is 11.7. The van der Waals surface area contributed by atoms with E-state index >= 15 is 0 Å². The molecule has 0 amide bonds. The number of hydrogen-bond acceptors (Lipinski definition) is 2. The van der Waals surface area contributed by atoms with Crippen LogP contribution in [-0.4, -0.2) is 17.4 Å². The first kappa shape index (κ1) is 26.0. The summed E-state index contributed by atoms with van der Waals surface area (Å²) in [5, 5.41) is 3.60. The van der Waals surface area contributed by atoms with E-state index in [4.69, 9.17) is 0 Å². The van der Waals surface area contributed by atoms with Gasteiger partial charge in [0, 0.05) is 0 Å². The van der Waals surface area contributed by atoms with Gasteiger partial charge in [0.15, 0.2) is 11.6 Å². The summed E-state index contributed by atoms with van der Waals surface area (Å²) in [7, 11) is 0. The van der Waals surface area contributed by atoms with Crippen LogP contribution in [0.1, 0.15) is 27.2 Å². The molecule has 170 valence electrons.